The molecular weight excluding hydrogens is 344 g/mol. The number of hydrogen-bond acceptors (Lipinski definition) is 2. The summed E-state index contributed by atoms with van der Waals surface area (Å²) >= 11 is 0. The van der Waals surface area contributed by atoms with Crippen LogP contribution in [0.1, 0.15) is 19.4 Å². The normalized spacial score (nSPS) is 16.6. The van der Waals surface area contributed by atoms with E-state index in [1.807, 2.05) is 66.4 Å². The smallest absolute Gasteiger partial charge is 0.251 e. The SMILES string of the molecule is CC1=C(C)[C@H](N(c2ccccc2)c2ccccc2)N(Cc2ccccc2)C1=O. The molecule has 1 heterocycles. The van der Waals surface area contributed by atoms with Crippen LogP contribution in [-0.2, 0) is 11.3 Å². The third kappa shape index (κ3) is 3.31. The Bertz CT molecular complexity index is 941. The second kappa shape index (κ2) is 7.73. The monoisotopic (exact) mass is 368 g/mol. The zero-order valence-electron chi connectivity index (χ0n) is 16.2. The molecule has 140 valence electrons. The number of hydrogen-bond donors (Lipinski definition) is 0. The van der Waals surface area contributed by atoms with Crippen molar-refractivity contribution in [3.8, 4) is 0 Å². The zero-order valence-corrected chi connectivity index (χ0v) is 16.2. The molecule has 3 aromatic carbocycles. The summed E-state index contributed by atoms with van der Waals surface area (Å²) in [5.74, 6) is 0.100. The van der Waals surface area contributed by atoms with Crippen molar-refractivity contribution < 1.29 is 4.79 Å². The van der Waals surface area contributed by atoms with Crippen molar-refractivity contribution in [2.45, 2.75) is 26.6 Å². The van der Waals surface area contributed by atoms with Gasteiger partial charge in [-0.05, 0) is 49.2 Å². The lowest BCUT2D eigenvalue weighted by Gasteiger charge is -2.38. The average Bonchev–Trinajstić information content (AvgIpc) is 2.95. The molecule has 0 saturated heterocycles. The van der Waals surface area contributed by atoms with Gasteiger partial charge in [-0.25, -0.2) is 0 Å². The minimum atomic E-state index is -0.155. The first-order valence-corrected chi connectivity index (χ1v) is 9.58. The summed E-state index contributed by atoms with van der Waals surface area (Å²) in [6.45, 7) is 4.58. The topological polar surface area (TPSA) is 23.6 Å². The van der Waals surface area contributed by atoms with E-state index in [0.717, 1.165) is 28.1 Å². The Hall–Kier alpha value is -3.33. The summed E-state index contributed by atoms with van der Waals surface area (Å²) in [6, 6.07) is 30.7. The second-order valence-corrected chi connectivity index (χ2v) is 7.14. The van der Waals surface area contributed by atoms with Crippen LogP contribution in [-0.4, -0.2) is 17.0 Å². The summed E-state index contributed by atoms with van der Waals surface area (Å²) in [5.41, 5.74) is 5.19. The predicted molar refractivity (Wildman–Crippen MR) is 114 cm³/mol. The minimum absolute atomic E-state index is 0.100. The van der Waals surface area contributed by atoms with Crippen molar-refractivity contribution in [2.24, 2.45) is 0 Å². The Balaban J connectivity index is 1.81. The summed E-state index contributed by atoms with van der Waals surface area (Å²) in [5, 5.41) is 0. The van der Waals surface area contributed by atoms with Crippen molar-refractivity contribution in [1.82, 2.24) is 4.90 Å². The third-order valence-corrected chi connectivity index (χ3v) is 5.36. The van der Waals surface area contributed by atoms with Crippen molar-refractivity contribution >= 4 is 17.3 Å². The lowest BCUT2D eigenvalue weighted by atomic mass is 10.1. The molecule has 0 saturated carbocycles. The van der Waals surface area contributed by atoms with Gasteiger partial charge >= 0.3 is 0 Å². The first kappa shape index (κ1) is 18.1. The van der Waals surface area contributed by atoms with Crippen molar-refractivity contribution in [1.29, 1.82) is 0 Å². The highest BCUT2D eigenvalue weighted by atomic mass is 16.2. The largest absolute Gasteiger partial charge is 0.317 e. The maximum Gasteiger partial charge on any atom is 0.251 e. The van der Waals surface area contributed by atoms with E-state index >= 15 is 0 Å². The Labute approximate surface area is 166 Å². The van der Waals surface area contributed by atoms with Crippen LogP contribution in [0.5, 0.6) is 0 Å². The molecule has 0 spiro atoms. The Morgan fingerprint density at radius 2 is 1.21 bits per heavy atom. The van der Waals surface area contributed by atoms with Crippen molar-refractivity contribution in [3.05, 3.63) is 108 Å². The van der Waals surface area contributed by atoms with Crippen molar-refractivity contribution in [2.75, 3.05) is 4.90 Å². The van der Waals surface area contributed by atoms with Crippen molar-refractivity contribution in [3.63, 3.8) is 0 Å². The van der Waals surface area contributed by atoms with E-state index in [9.17, 15) is 4.79 Å². The Kier molecular flexibility index (Phi) is 4.98. The van der Waals surface area contributed by atoms with Crippen LogP contribution in [0.4, 0.5) is 11.4 Å². The number of carbonyl (C=O) groups excluding carboxylic acids is 1. The van der Waals surface area contributed by atoms with Gasteiger partial charge in [-0.3, -0.25) is 4.79 Å². The van der Waals surface area contributed by atoms with Gasteiger partial charge in [0.15, 0.2) is 0 Å². The van der Waals surface area contributed by atoms with E-state index in [-0.39, 0.29) is 12.1 Å². The van der Waals surface area contributed by atoms with E-state index in [2.05, 4.69) is 48.2 Å². The molecule has 3 heteroatoms. The van der Waals surface area contributed by atoms with Gasteiger partial charge in [0.05, 0.1) is 0 Å². The number of rotatable bonds is 5. The Morgan fingerprint density at radius 3 is 1.71 bits per heavy atom. The number of anilines is 2. The molecule has 4 rings (SSSR count). The summed E-state index contributed by atoms with van der Waals surface area (Å²) in [6.07, 6.45) is -0.155. The molecule has 3 nitrogen and oxygen atoms in total. The molecule has 1 aliphatic rings. The molecule has 0 aromatic heterocycles. The lowest BCUT2D eigenvalue weighted by Crippen LogP contribution is -2.45. The maximum absolute atomic E-state index is 13.1. The highest BCUT2D eigenvalue weighted by Crippen LogP contribution is 2.37. The van der Waals surface area contributed by atoms with Crippen LogP contribution in [0, 0.1) is 0 Å². The second-order valence-electron chi connectivity index (χ2n) is 7.14. The molecule has 0 aliphatic carbocycles. The maximum atomic E-state index is 13.1. The van der Waals surface area contributed by atoms with Gasteiger partial charge in [0, 0.05) is 23.5 Å². The van der Waals surface area contributed by atoms with Crippen LogP contribution < -0.4 is 4.90 Å². The van der Waals surface area contributed by atoms with Gasteiger partial charge in [-0.15, -0.1) is 0 Å². The molecule has 0 N–H and O–H groups in total. The van der Waals surface area contributed by atoms with Crippen LogP contribution in [0.25, 0.3) is 0 Å². The lowest BCUT2D eigenvalue weighted by molar-refractivity contribution is -0.127. The molecule has 3 aromatic rings. The minimum Gasteiger partial charge on any atom is -0.317 e. The molecular formula is C25H24N2O. The van der Waals surface area contributed by atoms with Crippen LogP contribution in [0.3, 0.4) is 0 Å². The van der Waals surface area contributed by atoms with Gasteiger partial charge in [0.2, 0.25) is 0 Å². The molecule has 1 aliphatic heterocycles. The van der Waals surface area contributed by atoms with Gasteiger partial charge in [-0.1, -0.05) is 66.7 Å². The van der Waals surface area contributed by atoms with E-state index < -0.39 is 0 Å². The summed E-state index contributed by atoms with van der Waals surface area (Å²) in [4.78, 5) is 17.4. The molecule has 0 unspecified atom stereocenters. The molecule has 0 fully saturated rings. The van der Waals surface area contributed by atoms with E-state index in [1.165, 1.54) is 0 Å². The summed E-state index contributed by atoms with van der Waals surface area (Å²) < 4.78 is 0. The van der Waals surface area contributed by atoms with Gasteiger partial charge in [-0.2, -0.15) is 0 Å². The first-order chi connectivity index (χ1) is 13.7. The first-order valence-electron chi connectivity index (χ1n) is 9.58. The number of carbonyl (C=O) groups is 1. The number of benzene rings is 3. The standard InChI is InChI=1S/C25H24N2O/c1-19-20(2)25(28)26(18-21-12-6-3-7-13-21)24(19)27(22-14-8-4-9-15-22)23-16-10-5-11-17-23/h3-17,24H,18H2,1-2H3/t24-/m0/s1. The Morgan fingerprint density at radius 1 is 0.750 bits per heavy atom. The predicted octanol–water partition coefficient (Wildman–Crippen LogP) is 5.53. The molecule has 0 bridgehead atoms. The van der Waals surface area contributed by atoms with Crippen LogP contribution in [0.15, 0.2) is 102 Å². The molecule has 0 radical (unpaired) electrons. The van der Waals surface area contributed by atoms with Gasteiger partial charge in [0.25, 0.3) is 5.91 Å². The number of nitrogens with zero attached hydrogens (tertiary/aromatic N) is 2. The highest BCUT2D eigenvalue weighted by molar-refractivity contribution is 5.98. The number of amides is 1. The summed E-state index contributed by atoms with van der Waals surface area (Å²) in [7, 11) is 0. The molecule has 28 heavy (non-hydrogen) atoms. The van der Waals surface area contributed by atoms with E-state index in [4.69, 9.17) is 0 Å². The fourth-order valence-corrected chi connectivity index (χ4v) is 3.80. The van der Waals surface area contributed by atoms with Gasteiger partial charge < -0.3 is 9.80 Å². The van der Waals surface area contributed by atoms with Crippen LogP contribution >= 0.6 is 0 Å². The van der Waals surface area contributed by atoms with Crippen LogP contribution in [0.2, 0.25) is 0 Å². The quantitative estimate of drug-likeness (QED) is 0.591. The third-order valence-electron chi connectivity index (χ3n) is 5.36. The molecule has 1 amide bonds. The molecule has 1 atom stereocenters. The fraction of sp³-hybridized carbons (Fsp3) is 0.160. The van der Waals surface area contributed by atoms with E-state index in [0.29, 0.717) is 6.54 Å². The van der Waals surface area contributed by atoms with E-state index in [1.54, 1.807) is 0 Å². The zero-order chi connectivity index (χ0) is 19.5. The fourth-order valence-electron chi connectivity index (χ4n) is 3.80. The van der Waals surface area contributed by atoms with Gasteiger partial charge in [0.1, 0.15) is 6.17 Å². The highest BCUT2D eigenvalue weighted by Gasteiger charge is 2.39. The number of para-hydroxylation sites is 2. The average molecular weight is 368 g/mol.